The van der Waals surface area contributed by atoms with Gasteiger partial charge in [-0.2, -0.15) is 0 Å². The van der Waals surface area contributed by atoms with Crippen LogP contribution in [0.5, 0.6) is 0 Å². The molecule has 0 bridgehead atoms. The first-order chi connectivity index (χ1) is 7.60. The van der Waals surface area contributed by atoms with Crippen LogP contribution in [-0.2, 0) is 17.6 Å². The zero-order chi connectivity index (χ0) is 11.8. The zero-order valence-corrected chi connectivity index (χ0v) is 9.73. The third kappa shape index (κ3) is 1.52. The molecule has 0 aromatic heterocycles. The maximum Gasteiger partial charge on any atom is 0.324 e. The molecular formula is C13H17NO2. The van der Waals surface area contributed by atoms with E-state index in [1.165, 1.54) is 11.1 Å². The molecule has 0 heterocycles. The number of carboxylic acid groups (broad SMARTS) is 1. The first-order valence-electron chi connectivity index (χ1n) is 5.61. The molecule has 1 aromatic carbocycles. The van der Waals surface area contributed by atoms with Crippen LogP contribution in [-0.4, -0.2) is 35.1 Å². The lowest BCUT2D eigenvalue weighted by molar-refractivity contribution is -0.150. The van der Waals surface area contributed by atoms with Gasteiger partial charge in [-0.3, -0.25) is 9.69 Å². The molecule has 1 aliphatic carbocycles. The molecule has 2 rings (SSSR count). The molecule has 1 aromatic rings. The van der Waals surface area contributed by atoms with Crippen LogP contribution in [0.3, 0.4) is 0 Å². The Balaban J connectivity index is 2.38. The van der Waals surface area contributed by atoms with Gasteiger partial charge in [-0.05, 0) is 24.7 Å². The van der Waals surface area contributed by atoms with Crippen molar-refractivity contribution in [3.63, 3.8) is 0 Å². The standard InChI is InChI=1S/C13H17NO2/c1-3-14(2)13(12(15)16)8-10-6-4-5-7-11(10)9-13/h4-7H,3,8-9H2,1-2H3,(H,15,16). The fourth-order valence-corrected chi connectivity index (χ4v) is 2.48. The van der Waals surface area contributed by atoms with E-state index < -0.39 is 11.5 Å². The maximum atomic E-state index is 11.6. The molecule has 0 saturated carbocycles. The summed E-state index contributed by atoms with van der Waals surface area (Å²) in [6.45, 7) is 2.74. The van der Waals surface area contributed by atoms with E-state index in [9.17, 15) is 9.90 Å². The van der Waals surface area contributed by atoms with Crippen LogP contribution in [0, 0.1) is 0 Å². The Morgan fingerprint density at radius 1 is 1.38 bits per heavy atom. The smallest absolute Gasteiger partial charge is 0.324 e. The summed E-state index contributed by atoms with van der Waals surface area (Å²) in [5.74, 6) is -0.715. The Bertz CT molecular complexity index is 389. The van der Waals surface area contributed by atoms with Crippen molar-refractivity contribution in [2.24, 2.45) is 0 Å². The summed E-state index contributed by atoms with van der Waals surface area (Å²) in [5.41, 5.74) is 1.61. The van der Waals surface area contributed by atoms with Gasteiger partial charge in [0.25, 0.3) is 0 Å². The summed E-state index contributed by atoms with van der Waals surface area (Å²) in [6.07, 6.45) is 1.23. The number of carbonyl (C=O) groups is 1. The van der Waals surface area contributed by atoms with Crippen LogP contribution in [0.4, 0.5) is 0 Å². The highest BCUT2D eigenvalue weighted by Gasteiger charge is 2.46. The van der Waals surface area contributed by atoms with E-state index in [1.54, 1.807) is 0 Å². The zero-order valence-electron chi connectivity index (χ0n) is 9.73. The summed E-state index contributed by atoms with van der Waals surface area (Å²) in [6, 6.07) is 8.01. The largest absolute Gasteiger partial charge is 0.480 e. The number of carboxylic acids is 1. The van der Waals surface area contributed by atoms with Crippen molar-refractivity contribution in [3.05, 3.63) is 35.4 Å². The van der Waals surface area contributed by atoms with Gasteiger partial charge in [0.15, 0.2) is 0 Å². The van der Waals surface area contributed by atoms with E-state index in [0.717, 1.165) is 6.54 Å². The molecule has 16 heavy (non-hydrogen) atoms. The predicted octanol–water partition coefficient (Wildman–Crippen LogP) is 1.56. The predicted molar refractivity (Wildman–Crippen MR) is 62.5 cm³/mol. The minimum atomic E-state index is -0.738. The highest BCUT2D eigenvalue weighted by atomic mass is 16.4. The number of fused-ring (bicyclic) bond motifs is 1. The van der Waals surface area contributed by atoms with Gasteiger partial charge in [0, 0.05) is 12.8 Å². The van der Waals surface area contributed by atoms with Crippen molar-refractivity contribution in [1.82, 2.24) is 4.90 Å². The Morgan fingerprint density at radius 3 is 2.25 bits per heavy atom. The molecule has 3 nitrogen and oxygen atoms in total. The van der Waals surface area contributed by atoms with Crippen molar-refractivity contribution >= 4 is 5.97 Å². The van der Waals surface area contributed by atoms with Crippen molar-refractivity contribution in [1.29, 1.82) is 0 Å². The van der Waals surface area contributed by atoms with Gasteiger partial charge in [0.2, 0.25) is 0 Å². The Morgan fingerprint density at radius 2 is 1.88 bits per heavy atom. The third-order valence-electron chi connectivity index (χ3n) is 3.69. The van der Waals surface area contributed by atoms with Crippen LogP contribution in [0.2, 0.25) is 0 Å². The highest BCUT2D eigenvalue weighted by molar-refractivity contribution is 5.81. The van der Waals surface area contributed by atoms with E-state index in [-0.39, 0.29) is 0 Å². The lowest BCUT2D eigenvalue weighted by Gasteiger charge is -2.33. The van der Waals surface area contributed by atoms with Crippen molar-refractivity contribution in [2.75, 3.05) is 13.6 Å². The maximum absolute atomic E-state index is 11.6. The highest BCUT2D eigenvalue weighted by Crippen LogP contribution is 2.34. The minimum absolute atomic E-state index is 0.614. The SMILES string of the molecule is CCN(C)C1(C(=O)O)Cc2ccccc2C1. The number of benzene rings is 1. The molecule has 0 spiro atoms. The number of rotatable bonds is 3. The van der Waals surface area contributed by atoms with Crippen LogP contribution >= 0.6 is 0 Å². The number of hydrogen-bond acceptors (Lipinski definition) is 2. The van der Waals surface area contributed by atoms with Crippen LogP contribution in [0.25, 0.3) is 0 Å². The molecule has 0 fully saturated rings. The second kappa shape index (κ2) is 3.91. The molecule has 1 N–H and O–H groups in total. The van der Waals surface area contributed by atoms with Gasteiger partial charge in [0.1, 0.15) is 5.54 Å². The van der Waals surface area contributed by atoms with Crippen LogP contribution < -0.4 is 0 Å². The van der Waals surface area contributed by atoms with Crippen molar-refractivity contribution < 1.29 is 9.90 Å². The lowest BCUT2D eigenvalue weighted by atomic mass is 9.94. The number of aliphatic carboxylic acids is 1. The van der Waals surface area contributed by atoms with E-state index >= 15 is 0 Å². The number of hydrogen-bond donors (Lipinski definition) is 1. The van der Waals surface area contributed by atoms with Crippen molar-refractivity contribution in [3.8, 4) is 0 Å². The average Bonchev–Trinajstić information content (AvgIpc) is 2.68. The first-order valence-corrected chi connectivity index (χ1v) is 5.61. The van der Waals surface area contributed by atoms with Crippen LogP contribution in [0.15, 0.2) is 24.3 Å². The first kappa shape index (κ1) is 11.1. The summed E-state index contributed by atoms with van der Waals surface area (Å²) < 4.78 is 0. The van der Waals surface area contributed by atoms with Crippen LogP contribution in [0.1, 0.15) is 18.1 Å². The molecule has 1 aliphatic rings. The van der Waals surface area contributed by atoms with E-state index in [2.05, 4.69) is 0 Å². The molecule has 0 amide bonds. The Kier molecular flexibility index (Phi) is 2.72. The van der Waals surface area contributed by atoms with Gasteiger partial charge in [-0.15, -0.1) is 0 Å². The average molecular weight is 219 g/mol. The fourth-order valence-electron chi connectivity index (χ4n) is 2.48. The normalized spacial score (nSPS) is 17.4. The summed E-state index contributed by atoms with van der Waals surface area (Å²) in [7, 11) is 1.89. The lowest BCUT2D eigenvalue weighted by Crippen LogP contribution is -2.53. The molecule has 0 aliphatic heterocycles. The van der Waals surface area contributed by atoms with E-state index in [1.807, 2.05) is 43.1 Å². The van der Waals surface area contributed by atoms with Crippen molar-refractivity contribution in [2.45, 2.75) is 25.3 Å². The molecule has 86 valence electrons. The molecule has 0 atom stereocenters. The fraction of sp³-hybridized carbons (Fsp3) is 0.462. The second-order valence-corrected chi connectivity index (χ2v) is 4.47. The van der Waals surface area contributed by atoms with Gasteiger partial charge in [-0.1, -0.05) is 31.2 Å². The number of likely N-dealkylation sites (N-methyl/N-ethyl adjacent to an activating group) is 1. The molecule has 0 radical (unpaired) electrons. The second-order valence-electron chi connectivity index (χ2n) is 4.47. The summed E-state index contributed by atoms with van der Waals surface area (Å²) in [4.78, 5) is 13.5. The van der Waals surface area contributed by atoms with Gasteiger partial charge in [0.05, 0.1) is 0 Å². The monoisotopic (exact) mass is 219 g/mol. The summed E-state index contributed by atoms with van der Waals surface area (Å²) >= 11 is 0. The Labute approximate surface area is 95.7 Å². The molecular weight excluding hydrogens is 202 g/mol. The van der Waals surface area contributed by atoms with E-state index in [0.29, 0.717) is 12.8 Å². The molecule has 0 unspecified atom stereocenters. The van der Waals surface area contributed by atoms with Gasteiger partial charge < -0.3 is 5.11 Å². The van der Waals surface area contributed by atoms with Gasteiger partial charge in [-0.25, -0.2) is 0 Å². The molecule has 0 saturated heterocycles. The van der Waals surface area contributed by atoms with E-state index in [4.69, 9.17) is 0 Å². The quantitative estimate of drug-likeness (QED) is 0.838. The Hall–Kier alpha value is -1.35. The minimum Gasteiger partial charge on any atom is -0.480 e. The van der Waals surface area contributed by atoms with Gasteiger partial charge >= 0.3 is 5.97 Å². The number of nitrogens with zero attached hydrogens (tertiary/aromatic N) is 1. The molecule has 3 heteroatoms. The summed E-state index contributed by atoms with van der Waals surface area (Å²) in [5, 5.41) is 9.50. The third-order valence-corrected chi connectivity index (χ3v) is 3.69. The topological polar surface area (TPSA) is 40.5 Å².